The minimum absolute atomic E-state index is 0.209. The Bertz CT molecular complexity index is 838. The summed E-state index contributed by atoms with van der Waals surface area (Å²) >= 11 is 1.37. The number of hydrogen-bond acceptors (Lipinski definition) is 7. The number of aliphatic hydroxyl groups excluding tert-OH is 1. The average Bonchev–Trinajstić information content (AvgIpc) is 3.13. The van der Waals surface area contributed by atoms with E-state index in [1.165, 1.54) is 11.8 Å². The number of aryl methyl sites for hydroxylation is 1. The Hall–Kier alpha value is -2.58. The second-order valence-electron chi connectivity index (χ2n) is 5.66. The van der Waals surface area contributed by atoms with E-state index in [-0.39, 0.29) is 6.61 Å². The van der Waals surface area contributed by atoms with Gasteiger partial charge in [-0.15, -0.1) is 5.10 Å². The zero-order chi connectivity index (χ0) is 18.4. The molecule has 0 fully saturated rings. The van der Waals surface area contributed by atoms with Crippen LogP contribution in [0.25, 0.3) is 5.69 Å². The number of nitrogens with zero attached hydrogens (tertiary/aromatic N) is 4. The van der Waals surface area contributed by atoms with Crippen LogP contribution in [0.5, 0.6) is 11.5 Å². The Balaban J connectivity index is 1.55. The third-order valence-electron chi connectivity index (χ3n) is 3.59. The van der Waals surface area contributed by atoms with Crippen molar-refractivity contribution in [3.63, 3.8) is 0 Å². The maximum atomic E-state index is 10.2. The Morgan fingerprint density at radius 1 is 1.15 bits per heavy atom. The van der Waals surface area contributed by atoms with Crippen molar-refractivity contribution in [1.29, 1.82) is 0 Å². The van der Waals surface area contributed by atoms with E-state index in [0.717, 1.165) is 22.7 Å². The molecule has 0 aliphatic heterocycles. The van der Waals surface area contributed by atoms with Crippen LogP contribution in [-0.4, -0.2) is 50.9 Å². The first-order chi connectivity index (χ1) is 12.7. The molecule has 1 aromatic heterocycles. The predicted molar refractivity (Wildman–Crippen MR) is 99.1 cm³/mol. The fourth-order valence-electron chi connectivity index (χ4n) is 2.27. The minimum atomic E-state index is -0.637. The van der Waals surface area contributed by atoms with E-state index in [2.05, 4.69) is 15.5 Å². The highest BCUT2D eigenvalue weighted by Gasteiger charge is 2.13. The van der Waals surface area contributed by atoms with E-state index in [4.69, 9.17) is 9.47 Å². The molecule has 1 atom stereocenters. The normalized spacial score (nSPS) is 12.0. The lowest BCUT2D eigenvalue weighted by molar-refractivity contribution is 0.126. The van der Waals surface area contributed by atoms with Gasteiger partial charge in [0.25, 0.3) is 0 Å². The Kier molecular flexibility index (Phi) is 6.08. The van der Waals surface area contributed by atoms with Gasteiger partial charge in [0.15, 0.2) is 0 Å². The number of ether oxygens (including phenoxy) is 2. The van der Waals surface area contributed by atoms with Crippen molar-refractivity contribution in [3.8, 4) is 17.2 Å². The first-order valence-corrected chi connectivity index (χ1v) is 9.07. The van der Waals surface area contributed by atoms with Crippen molar-refractivity contribution in [2.24, 2.45) is 0 Å². The number of methoxy groups -OCH3 is 1. The molecule has 0 radical (unpaired) electrons. The maximum Gasteiger partial charge on any atom is 0.214 e. The molecule has 3 rings (SSSR count). The van der Waals surface area contributed by atoms with E-state index in [0.29, 0.717) is 10.9 Å². The maximum absolute atomic E-state index is 10.2. The summed E-state index contributed by atoms with van der Waals surface area (Å²) in [6.07, 6.45) is -0.637. The van der Waals surface area contributed by atoms with Gasteiger partial charge in [-0.25, -0.2) is 0 Å². The molecule has 0 unspecified atom stereocenters. The van der Waals surface area contributed by atoms with Gasteiger partial charge in [-0.1, -0.05) is 23.9 Å². The number of aliphatic hydroxyl groups is 1. The summed E-state index contributed by atoms with van der Waals surface area (Å²) in [6, 6.07) is 15.2. The van der Waals surface area contributed by atoms with Crippen LogP contribution in [0.15, 0.2) is 53.7 Å². The summed E-state index contributed by atoms with van der Waals surface area (Å²) in [5.74, 6) is 1.93. The number of rotatable bonds is 8. The van der Waals surface area contributed by atoms with Crippen LogP contribution in [-0.2, 0) is 0 Å². The van der Waals surface area contributed by atoms with Crippen molar-refractivity contribution < 1.29 is 14.6 Å². The first-order valence-electron chi connectivity index (χ1n) is 8.09. The lowest BCUT2D eigenvalue weighted by Crippen LogP contribution is -2.20. The summed E-state index contributed by atoms with van der Waals surface area (Å²) in [7, 11) is 1.62. The molecule has 136 valence electrons. The minimum Gasteiger partial charge on any atom is -0.497 e. The van der Waals surface area contributed by atoms with Gasteiger partial charge >= 0.3 is 0 Å². The molecule has 8 heteroatoms. The van der Waals surface area contributed by atoms with Crippen LogP contribution in [0.1, 0.15) is 5.56 Å². The molecule has 26 heavy (non-hydrogen) atoms. The Morgan fingerprint density at radius 2 is 1.96 bits per heavy atom. The van der Waals surface area contributed by atoms with E-state index in [1.54, 1.807) is 11.8 Å². The van der Waals surface area contributed by atoms with Crippen LogP contribution < -0.4 is 9.47 Å². The molecule has 1 N–H and O–H groups in total. The van der Waals surface area contributed by atoms with E-state index in [9.17, 15) is 5.11 Å². The quantitative estimate of drug-likeness (QED) is 0.608. The van der Waals surface area contributed by atoms with Crippen LogP contribution in [0, 0.1) is 6.92 Å². The number of tetrazole rings is 1. The smallest absolute Gasteiger partial charge is 0.214 e. The molecule has 0 aliphatic carbocycles. The van der Waals surface area contributed by atoms with Crippen LogP contribution in [0.2, 0.25) is 0 Å². The molecule has 0 spiro atoms. The van der Waals surface area contributed by atoms with Gasteiger partial charge in [-0.2, -0.15) is 4.68 Å². The second kappa shape index (κ2) is 8.68. The fraction of sp³-hybridized carbons (Fsp3) is 0.278. The summed E-state index contributed by atoms with van der Waals surface area (Å²) in [5, 5.41) is 22.5. The molecule has 3 aromatic rings. The fourth-order valence-corrected chi connectivity index (χ4v) is 3.07. The highest BCUT2D eigenvalue weighted by atomic mass is 32.2. The van der Waals surface area contributed by atoms with Crippen molar-refractivity contribution >= 4 is 11.8 Å². The van der Waals surface area contributed by atoms with Crippen molar-refractivity contribution in [2.75, 3.05) is 19.5 Å². The molecule has 0 bridgehead atoms. The standard InChI is InChI=1S/C18H20N4O3S/c1-13-4-3-5-17(10-13)25-11-15(23)12-26-18-19-20-21-22(18)14-6-8-16(24-2)9-7-14/h3-10,15,23H,11-12H2,1-2H3/t15-/m0/s1. The van der Waals surface area contributed by atoms with Crippen molar-refractivity contribution in [2.45, 2.75) is 18.2 Å². The van der Waals surface area contributed by atoms with Crippen molar-refractivity contribution in [1.82, 2.24) is 20.2 Å². The number of hydrogen-bond donors (Lipinski definition) is 1. The van der Waals surface area contributed by atoms with E-state index >= 15 is 0 Å². The molecule has 7 nitrogen and oxygen atoms in total. The predicted octanol–water partition coefficient (Wildman–Crippen LogP) is 2.51. The number of thioether (sulfide) groups is 1. The molecule has 2 aromatic carbocycles. The summed E-state index contributed by atoms with van der Waals surface area (Å²) in [4.78, 5) is 0. The van der Waals surface area contributed by atoms with Crippen LogP contribution >= 0.6 is 11.8 Å². The largest absolute Gasteiger partial charge is 0.497 e. The highest BCUT2D eigenvalue weighted by Crippen LogP contribution is 2.21. The van der Waals surface area contributed by atoms with Gasteiger partial charge in [-0.3, -0.25) is 0 Å². The molecule has 0 amide bonds. The van der Waals surface area contributed by atoms with E-state index in [1.807, 2.05) is 55.5 Å². The SMILES string of the molecule is COc1ccc(-n2nnnc2SC[C@@H](O)COc2cccc(C)c2)cc1. The first kappa shape index (κ1) is 18.2. The zero-order valence-electron chi connectivity index (χ0n) is 14.6. The highest BCUT2D eigenvalue weighted by molar-refractivity contribution is 7.99. The van der Waals surface area contributed by atoms with Crippen LogP contribution in [0.3, 0.4) is 0 Å². The average molecular weight is 372 g/mol. The van der Waals surface area contributed by atoms with Gasteiger partial charge in [0.2, 0.25) is 5.16 Å². The van der Waals surface area contributed by atoms with Gasteiger partial charge in [-0.05, 0) is 59.3 Å². The molecule has 0 aliphatic rings. The summed E-state index contributed by atoms with van der Waals surface area (Å²) < 4.78 is 12.4. The second-order valence-corrected chi connectivity index (χ2v) is 6.65. The monoisotopic (exact) mass is 372 g/mol. The van der Waals surface area contributed by atoms with Gasteiger partial charge in [0, 0.05) is 5.75 Å². The topological polar surface area (TPSA) is 82.3 Å². The summed E-state index contributed by atoms with van der Waals surface area (Å²) in [5.41, 5.74) is 1.94. The molecular formula is C18H20N4O3S. The molecule has 0 saturated carbocycles. The zero-order valence-corrected chi connectivity index (χ0v) is 15.4. The Morgan fingerprint density at radius 3 is 2.69 bits per heavy atom. The lowest BCUT2D eigenvalue weighted by atomic mass is 10.2. The molecular weight excluding hydrogens is 352 g/mol. The summed E-state index contributed by atoms with van der Waals surface area (Å²) in [6.45, 7) is 2.21. The third kappa shape index (κ3) is 4.74. The number of benzene rings is 2. The molecule has 0 saturated heterocycles. The van der Waals surface area contributed by atoms with E-state index < -0.39 is 6.10 Å². The lowest BCUT2D eigenvalue weighted by Gasteiger charge is -2.12. The van der Waals surface area contributed by atoms with Gasteiger partial charge in [0.05, 0.1) is 18.9 Å². The Labute approximate surface area is 155 Å². The van der Waals surface area contributed by atoms with Gasteiger partial charge in [0.1, 0.15) is 18.1 Å². The third-order valence-corrected chi connectivity index (χ3v) is 4.66. The van der Waals surface area contributed by atoms with Gasteiger partial charge < -0.3 is 14.6 Å². The van der Waals surface area contributed by atoms with Crippen LogP contribution in [0.4, 0.5) is 0 Å². The molecule has 1 heterocycles. The van der Waals surface area contributed by atoms with Crippen molar-refractivity contribution in [3.05, 3.63) is 54.1 Å². The number of aromatic nitrogens is 4.